The van der Waals surface area contributed by atoms with Gasteiger partial charge < -0.3 is 15.7 Å². The molecule has 0 aliphatic rings. The Labute approximate surface area is 100 Å². The van der Waals surface area contributed by atoms with Crippen LogP contribution in [0.15, 0.2) is 5.16 Å². The maximum Gasteiger partial charge on any atom is 0.350 e. The number of carboxylic acid groups (broad SMARTS) is 1. The number of nitrogens with two attached hydrogens (primary N) is 1. The van der Waals surface area contributed by atoms with Crippen molar-refractivity contribution in [1.29, 1.82) is 0 Å². The molecule has 0 amide bonds. The zero-order chi connectivity index (χ0) is 13.1. The van der Waals surface area contributed by atoms with E-state index in [2.05, 4.69) is 14.5 Å². The van der Waals surface area contributed by atoms with Crippen molar-refractivity contribution >= 4 is 34.6 Å². The van der Waals surface area contributed by atoms with Gasteiger partial charge in [-0.1, -0.05) is 5.16 Å². The van der Waals surface area contributed by atoms with E-state index in [9.17, 15) is 9.59 Å². The molecule has 0 atom stereocenters. The lowest BCUT2D eigenvalue weighted by Gasteiger charge is -2.16. The number of carbonyl (C=O) groups excluding carboxylic acids is 1. The Kier molecular flexibility index (Phi) is 3.73. The number of aldehydes is 1. The second kappa shape index (κ2) is 4.87. The van der Waals surface area contributed by atoms with Crippen LogP contribution in [0.25, 0.3) is 0 Å². The summed E-state index contributed by atoms with van der Waals surface area (Å²) in [6.45, 7) is 2.59. The molecule has 0 bridgehead atoms. The Morgan fingerprint density at radius 2 is 2.29 bits per heavy atom. The van der Waals surface area contributed by atoms with Gasteiger partial charge >= 0.3 is 5.97 Å². The van der Waals surface area contributed by atoms with Crippen LogP contribution in [-0.4, -0.2) is 38.0 Å². The van der Waals surface area contributed by atoms with E-state index in [4.69, 9.17) is 15.7 Å². The van der Waals surface area contributed by atoms with Crippen molar-refractivity contribution in [3.63, 3.8) is 0 Å². The van der Waals surface area contributed by atoms with Gasteiger partial charge in [0.1, 0.15) is 0 Å². The topological polar surface area (TPSA) is 128 Å². The Morgan fingerprint density at radius 1 is 1.65 bits per heavy atom. The number of aromatic nitrogens is 2. The minimum absolute atomic E-state index is 0.00342. The lowest BCUT2D eigenvalue weighted by atomic mass is 10.1. The molecule has 9 heteroatoms. The van der Waals surface area contributed by atoms with Gasteiger partial charge in [-0.3, -0.25) is 4.79 Å². The number of carboxylic acids is 1. The molecular formula is C8H10N4O4S. The van der Waals surface area contributed by atoms with Crippen LogP contribution in [0.3, 0.4) is 0 Å². The van der Waals surface area contributed by atoms with Crippen LogP contribution >= 0.6 is 11.5 Å². The molecule has 1 heterocycles. The highest BCUT2D eigenvalue weighted by Gasteiger charge is 2.30. The second-order valence-electron chi connectivity index (χ2n) is 3.46. The maximum atomic E-state index is 10.7. The molecular weight excluding hydrogens is 248 g/mol. The fourth-order valence-corrected chi connectivity index (χ4v) is 1.10. The van der Waals surface area contributed by atoms with Crippen molar-refractivity contribution in [3.05, 3.63) is 5.82 Å². The average molecular weight is 258 g/mol. The summed E-state index contributed by atoms with van der Waals surface area (Å²) in [4.78, 5) is 29.9. The third-order valence-corrected chi connectivity index (χ3v) is 2.21. The predicted molar refractivity (Wildman–Crippen MR) is 59.7 cm³/mol. The van der Waals surface area contributed by atoms with Gasteiger partial charge in [0.15, 0.2) is 23.0 Å². The zero-order valence-electron chi connectivity index (χ0n) is 9.08. The Bertz CT molecular complexity index is 468. The molecule has 0 aliphatic heterocycles. The summed E-state index contributed by atoms with van der Waals surface area (Å²) in [5, 5.41) is 12.4. The molecule has 0 unspecified atom stereocenters. The number of nitrogen functional groups attached to an aromatic ring is 1. The molecule has 3 N–H and O–H groups in total. The normalized spacial score (nSPS) is 12.2. The number of rotatable bonds is 5. The number of nitrogens with zero attached hydrogens (tertiary/aromatic N) is 3. The van der Waals surface area contributed by atoms with Gasteiger partial charge in [-0.2, -0.15) is 9.36 Å². The van der Waals surface area contributed by atoms with Gasteiger partial charge in [0.05, 0.1) is 0 Å². The predicted octanol–water partition coefficient (Wildman–Crippen LogP) is -0.0969. The highest BCUT2D eigenvalue weighted by Crippen LogP contribution is 2.11. The molecule has 8 nitrogen and oxygen atoms in total. The lowest BCUT2D eigenvalue weighted by Crippen LogP contribution is -2.33. The molecule has 0 saturated carbocycles. The van der Waals surface area contributed by atoms with Crippen LogP contribution in [-0.2, 0) is 14.4 Å². The first-order valence-electron chi connectivity index (χ1n) is 4.41. The van der Waals surface area contributed by atoms with E-state index < -0.39 is 11.6 Å². The quantitative estimate of drug-likeness (QED) is 0.428. The first kappa shape index (κ1) is 13.0. The molecule has 0 aromatic carbocycles. The van der Waals surface area contributed by atoms with Gasteiger partial charge in [0.25, 0.3) is 0 Å². The van der Waals surface area contributed by atoms with Crippen LogP contribution in [0.1, 0.15) is 19.7 Å². The molecule has 0 saturated heterocycles. The highest BCUT2D eigenvalue weighted by molar-refractivity contribution is 7.09. The first-order valence-corrected chi connectivity index (χ1v) is 5.18. The van der Waals surface area contributed by atoms with Crippen LogP contribution in [0, 0.1) is 0 Å². The minimum atomic E-state index is -1.55. The average Bonchev–Trinajstić information content (AvgIpc) is 2.65. The molecule has 0 spiro atoms. The summed E-state index contributed by atoms with van der Waals surface area (Å²) < 4.78 is 3.75. The number of anilines is 1. The summed E-state index contributed by atoms with van der Waals surface area (Å²) >= 11 is 0.893. The molecule has 1 aromatic rings. The van der Waals surface area contributed by atoms with E-state index in [-0.39, 0.29) is 16.7 Å². The molecule has 0 fully saturated rings. The lowest BCUT2D eigenvalue weighted by molar-refractivity contribution is -0.161. The molecule has 17 heavy (non-hydrogen) atoms. The van der Waals surface area contributed by atoms with E-state index in [1.54, 1.807) is 0 Å². The fourth-order valence-electron chi connectivity index (χ4n) is 0.657. The minimum Gasteiger partial charge on any atom is -0.478 e. The Balaban J connectivity index is 2.89. The van der Waals surface area contributed by atoms with Gasteiger partial charge in [-0.05, 0) is 13.8 Å². The van der Waals surface area contributed by atoms with Crippen molar-refractivity contribution in [1.82, 2.24) is 9.36 Å². The highest BCUT2D eigenvalue weighted by atomic mass is 32.1. The third-order valence-electron chi connectivity index (χ3n) is 1.67. The largest absolute Gasteiger partial charge is 0.478 e. The van der Waals surface area contributed by atoms with E-state index >= 15 is 0 Å². The Morgan fingerprint density at radius 3 is 2.71 bits per heavy atom. The van der Waals surface area contributed by atoms with E-state index in [0.29, 0.717) is 6.29 Å². The number of oxime groups is 1. The van der Waals surface area contributed by atoms with E-state index in [1.165, 1.54) is 13.8 Å². The summed E-state index contributed by atoms with van der Waals surface area (Å²) in [6, 6.07) is 0. The summed E-state index contributed by atoms with van der Waals surface area (Å²) in [5.41, 5.74) is 3.58. The van der Waals surface area contributed by atoms with Gasteiger partial charge in [-0.25, -0.2) is 4.79 Å². The van der Waals surface area contributed by atoms with Crippen LogP contribution in [0.2, 0.25) is 0 Å². The molecule has 92 valence electrons. The van der Waals surface area contributed by atoms with Gasteiger partial charge in [0, 0.05) is 11.5 Å². The Hall–Kier alpha value is -2.03. The number of hydrogen-bond donors (Lipinski definition) is 2. The van der Waals surface area contributed by atoms with Crippen molar-refractivity contribution < 1.29 is 19.5 Å². The van der Waals surface area contributed by atoms with Gasteiger partial charge in [0.2, 0.25) is 5.60 Å². The number of aliphatic carboxylic acids is 1. The van der Waals surface area contributed by atoms with E-state index in [0.717, 1.165) is 11.5 Å². The molecule has 1 rings (SSSR count). The van der Waals surface area contributed by atoms with Crippen LogP contribution in [0.5, 0.6) is 0 Å². The van der Waals surface area contributed by atoms with Crippen molar-refractivity contribution in [3.8, 4) is 0 Å². The van der Waals surface area contributed by atoms with E-state index in [1.807, 2.05) is 0 Å². The smallest absolute Gasteiger partial charge is 0.350 e. The van der Waals surface area contributed by atoms with Crippen molar-refractivity contribution in [2.45, 2.75) is 19.4 Å². The summed E-state index contributed by atoms with van der Waals surface area (Å²) in [5.74, 6) is -1.21. The maximum absolute atomic E-state index is 10.7. The van der Waals surface area contributed by atoms with Gasteiger partial charge in [-0.15, -0.1) is 0 Å². The molecule has 0 radical (unpaired) electrons. The summed E-state index contributed by atoms with van der Waals surface area (Å²) in [7, 11) is 0. The second-order valence-corrected chi connectivity index (χ2v) is 4.24. The molecule has 1 aromatic heterocycles. The number of hydrogen-bond acceptors (Lipinski definition) is 8. The SMILES string of the molecule is CC(C)(ON=C(C=O)c1nsc(N)n1)C(=O)O. The monoisotopic (exact) mass is 258 g/mol. The number of carbonyl (C=O) groups is 2. The zero-order valence-corrected chi connectivity index (χ0v) is 9.89. The third kappa shape index (κ3) is 3.21. The van der Waals surface area contributed by atoms with Crippen LogP contribution in [0.4, 0.5) is 5.13 Å². The standard InChI is InChI=1S/C8H10N4O4S/c1-8(2,6(14)15)16-11-4(3-13)5-10-7(9)17-12-5/h3H,1-2H3,(H,14,15)(H2,9,10,12). The fraction of sp³-hybridized carbons (Fsp3) is 0.375. The molecule has 0 aliphatic carbocycles. The first-order chi connectivity index (χ1) is 7.86. The summed E-state index contributed by atoms with van der Waals surface area (Å²) in [6.07, 6.45) is 0.361. The van der Waals surface area contributed by atoms with Crippen molar-refractivity contribution in [2.24, 2.45) is 5.16 Å². The van der Waals surface area contributed by atoms with Crippen LogP contribution < -0.4 is 5.73 Å². The van der Waals surface area contributed by atoms with Crippen molar-refractivity contribution in [2.75, 3.05) is 5.73 Å².